The van der Waals surface area contributed by atoms with E-state index in [4.69, 9.17) is 0 Å². The largest absolute Gasteiger partial charge is 0.344 e. The van der Waals surface area contributed by atoms with Crippen LogP contribution in [0.4, 0.5) is 0 Å². The number of pyridine rings is 2. The smallest absolute Gasteiger partial charge is 0.254 e. The van der Waals surface area contributed by atoms with E-state index < -0.39 is 0 Å². The lowest BCUT2D eigenvalue weighted by Gasteiger charge is -2.15. The van der Waals surface area contributed by atoms with Crippen LogP contribution < -0.4 is 5.32 Å². The molecule has 6 heteroatoms. The molecule has 24 heavy (non-hydrogen) atoms. The van der Waals surface area contributed by atoms with Crippen LogP contribution in [0.15, 0.2) is 55.2 Å². The van der Waals surface area contributed by atoms with E-state index in [9.17, 15) is 4.79 Å². The maximum absolute atomic E-state index is 12.4. The molecule has 6 nitrogen and oxygen atoms in total. The predicted molar refractivity (Wildman–Crippen MR) is 90.1 cm³/mol. The van der Waals surface area contributed by atoms with E-state index >= 15 is 0 Å². The average molecular weight is 319 g/mol. The molecule has 3 heterocycles. The van der Waals surface area contributed by atoms with Gasteiger partial charge >= 0.3 is 0 Å². The number of aryl methyl sites for hydroxylation is 1. The Kier molecular flexibility index (Phi) is 4.56. The van der Waals surface area contributed by atoms with Gasteiger partial charge in [-0.15, -0.1) is 0 Å². The number of nitrogens with zero attached hydrogens (tertiary/aromatic N) is 4. The van der Waals surface area contributed by atoms with Crippen molar-refractivity contribution < 1.29 is 4.79 Å². The molecule has 3 aromatic rings. The average Bonchev–Trinajstić information content (AvgIpc) is 2.63. The fourth-order valence-corrected chi connectivity index (χ4v) is 2.39. The highest BCUT2D eigenvalue weighted by atomic mass is 16.1. The zero-order chi connectivity index (χ0) is 16.9. The Labute approximate surface area is 140 Å². The fourth-order valence-electron chi connectivity index (χ4n) is 2.39. The fraction of sp³-hybridized carbons (Fsp3) is 0.167. The standard InChI is InChI=1S/C18H17N5O/c1-12-4-3-7-20-16(12)13(2)23-18(24)15-10-21-17(22-11-15)14-5-8-19-9-6-14/h3-11,13H,1-2H3,(H,23,24)/t13-/m0/s1. The van der Waals surface area contributed by atoms with Gasteiger partial charge in [0.15, 0.2) is 5.82 Å². The summed E-state index contributed by atoms with van der Waals surface area (Å²) < 4.78 is 0. The molecule has 0 radical (unpaired) electrons. The van der Waals surface area contributed by atoms with Crippen molar-refractivity contribution in [2.75, 3.05) is 0 Å². The molecule has 0 aliphatic heterocycles. The van der Waals surface area contributed by atoms with Crippen molar-refractivity contribution in [2.24, 2.45) is 0 Å². The van der Waals surface area contributed by atoms with Crippen LogP contribution in [-0.2, 0) is 0 Å². The Bertz CT molecular complexity index is 834. The number of carbonyl (C=O) groups is 1. The van der Waals surface area contributed by atoms with Crippen molar-refractivity contribution in [1.82, 2.24) is 25.3 Å². The summed E-state index contributed by atoms with van der Waals surface area (Å²) >= 11 is 0. The molecule has 120 valence electrons. The van der Waals surface area contributed by atoms with E-state index in [-0.39, 0.29) is 11.9 Å². The summed E-state index contributed by atoms with van der Waals surface area (Å²) in [5.74, 6) is 0.330. The minimum Gasteiger partial charge on any atom is -0.344 e. The Morgan fingerprint density at radius 3 is 2.42 bits per heavy atom. The molecule has 3 aromatic heterocycles. The summed E-state index contributed by atoms with van der Waals surface area (Å²) in [5.41, 5.74) is 3.15. The van der Waals surface area contributed by atoms with E-state index in [2.05, 4.69) is 25.3 Å². The molecule has 0 spiro atoms. The van der Waals surface area contributed by atoms with Crippen LogP contribution >= 0.6 is 0 Å². The lowest BCUT2D eigenvalue weighted by atomic mass is 10.1. The number of aromatic nitrogens is 4. The second kappa shape index (κ2) is 6.95. The summed E-state index contributed by atoms with van der Waals surface area (Å²) in [6.07, 6.45) is 8.12. The molecule has 3 rings (SSSR count). The number of nitrogens with one attached hydrogen (secondary N) is 1. The lowest BCUT2D eigenvalue weighted by molar-refractivity contribution is 0.0938. The first-order valence-corrected chi connectivity index (χ1v) is 7.60. The maximum atomic E-state index is 12.4. The topological polar surface area (TPSA) is 80.7 Å². The number of rotatable bonds is 4. The van der Waals surface area contributed by atoms with Gasteiger partial charge in [0.05, 0.1) is 17.3 Å². The maximum Gasteiger partial charge on any atom is 0.254 e. The van der Waals surface area contributed by atoms with E-state index in [0.717, 1.165) is 16.8 Å². The lowest BCUT2D eigenvalue weighted by Crippen LogP contribution is -2.28. The summed E-state index contributed by atoms with van der Waals surface area (Å²) in [4.78, 5) is 29.1. The van der Waals surface area contributed by atoms with Crippen LogP contribution in [0.3, 0.4) is 0 Å². The highest BCUT2D eigenvalue weighted by Crippen LogP contribution is 2.15. The number of amides is 1. The van der Waals surface area contributed by atoms with Crippen molar-refractivity contribution >= 4 is 5.91 Å². The van der Waals surface area contributed by atoms with Gasteiger partial charge in [0.25, 0.3) is 5.91 Å². The highest BCUT2D eigenvalue weighted by Gasteiger charge is 2.15. The van der Waals surface area contributed by atoms with Gasteiger partial charge < -0.3 is 5.32 Å². The first-order chi connectivity index (χ1) is 11.6. The Hall–Kier alpha value is -3.15. The van der Waals surface area contributed by atoms with Crippen LogP contribution in [0.1, 0.15) is 34.6 Å². The van der Waals surface area contributed by atoms with Crippen molar-refractivity contribution in [2.45, 2.75) is 19.9 Å². The van der Waals surface area contributed by atoms with Gasteiger partial charge in [0, 0.05) is 36.5 Å². The van der Waals surface area contributed by atoms with E-state index in [1.54, 1.807) is 18.6 Å². The molecule has 1 atom stereocenters. The van der Waals surface area contributed by atoms with Crippen molar-refractivity contribution in [3.8, 4) is 11.4 Å². The van der Waals surface area contributed by atoms with E-state index in [1.807, 2.05) is 38.1 Å². The molecule has 0 bridgehead atoms. The second-order valence-electron chi connectivity index (χ2n) is 5.43. The summed E-state index contributed by atoms with van der Waals surface area (Å²) in [6, 6.07) is 7.29. The first-order valence-electron chi connectivity index (χ1n) is 7.60. The summed E-state index contributed by atoms with van der Waals surface area (Å²) in [6.45, 7) is 3.87. The van der Waals surface area contributed by atoms with Gasteiger partial charge in [-0.05, 0) is 37.6 Å². The summed E-state index contributed by atoms with van der Waals surface area (Å²) in [7, 11) is 0. The molecule has 0 aliphatic rings. The van der Waals surface area contributed by atoms with E-state index in [1.165, 1.54) is 12.4 Å². The van der Waals surface area contributed by atoms with Crippen LogP contribution in [-0.4, -0.2) is 25.8 Å². The zero-order valence-electron chi connectivity index (χ0n) is 13.5. The molecular formula is C18H17N5O. The summed E-state index contributed by atoms with van der Waals surface area (Å²) in [5, 5.41) is 2.92. The number of hydrogen-bond acceptors (Lipinski definition) is 5. The normalized spacial score (nSPS) is 11.8. The van der Waals surface area contributed by atoms with Crippen molar-refractivity contribution in [3.63, 3.8) is 0 Å². The van der Waals surface area contributed by atoms with Crippen LogP contribution in [0.2, 0.25) is 0 Å². The first kappa shape index (κ1) is 15.7. The molecule has 0 aromatic carbocycles. The molecule has 1 amide bonds. The second-order valence-corrected chi connectivity index (χ2v) is 5.43. The number of hydrogen-bond donors (Lipinski definition) is 1. The molecule has 0 aliphatic carbocycles. The van der Waals surface area contributed by atoms with E-state index in [0.29, 0.717) is 11.4 Å². The van der Waals surface area contributed by atoms with Gasteiger partial charge in [-0.25, -0.2) is 9.97 Å². The Morgan fingerprint density at radius 1 is 1.04 bits per heavy atom. The van der Waals surface area contributed by atoms with Gasteiger partial charge in [-0.1, -0.05) is 6.07 Å². The zero-order valence-corrected chi connectivity index (χ0v) is 13.5. The monoisotopic (exact) mass is 319 g/mol. The van der Waals surface area contributed by atoms with Gasteiger partial charge in [0.1, 0.15) is 0 Å². The van der Waals surface area contributed by atoms with Gasteiger partial charge in [-0.3, -0.25) is 14.8 Å². The molecule has 0 unspecified atom stereocenters. The molecule has 0 saturated heterocycles. The SMILES string of the molecule is Cc1cccnc1[C@H](C)NC(=O)c1cnc(-c2ccncc2)nc1. The van der Waals surface area contributed by atoms with Crippen LogP contribution in [0, 0.1) is 6.92 Å². The third-order valence-corrected chi connectivity index (χ3v) is 3.66. The van der Waals surface area contributed by atoms with Crippen LogP contribution in [0.25, 0.3) is 11.4 Å². The molecule has 0 saturated carbocycles. The molecule has 0 fully saturated rings. The minimum atomic E-state index is -0.228. The van der Waals surface area contributed by atoms with Gasteiger partial charge in [-0.2, -0.15) is 0 Å². The van der Waals surface area contributed by atoms with Gasteiger partial charge in [0.2, 0.25) is 0 Å². The number of carbonyl (C=O) groups excluding carboxylic acids is 1. The third kappa shape index (κ3) is 3.43. The third-order valence-electron chi connectivity index (χ3n) is 3.66. The van der Waals surface area contributed by atoms with Crippen molar-refractivity contribution in [3.05, 3.63) is 72.1 Å². The Morgan fingerprint density at radius 2 is 1.75 bits per heavy atom. The molecular weight excluding hydrogens is 302 g/mol. The predicted octanol–water partition coefficient (Wildman–Crippen LogP) is 2.73. The highest BCUT2D eigenvalue weighted by molar-refractivity contribution is 5.93. The van der Waals surface area contributed by atoms with Crippen LogP contribution in [0.5, 0.6) is 0 Å². The minimum absolute atomic E-state index is 0.196. The quantitative estimate of drug-likeness (QED) is 0.799. The van der Waals surface area contributed by atoms with Crippen molar-refractivity contribution in [1.29, 1.82) is 0 Å². The Balaban J connectivity index is 1.73. The molecule has 1 N–H and O–H groups in total.